The van der Waals surface area contributed by atoms with Gasteiger partial charge in [0.1, 0.15) is 0 Å². The summed E-state index contributed by atoms with van der Waals surface area (Å²) in [5.41, 5.74) is 2.64. The van der Waals surface area contributed by atoms with E-state index < -0.39 is 28.2 Å². The first-order valence-corrected chi connectivity index (χ1v) is 10.9. The van der Waals surface area contributed by atoms with Gasteiger partial charge in [-0.1, -0.05) is 48.5 Å². The van der Waals surface area contributed by atoms with Crippen LogP contribution in [0.4, 0.5) is 16.2 Å². The molecule has 3 aromatic rings. The van der Waals surface area contributed by atoms with Crippen molar-refractivity contribution in [1.82, 2.24) is 5.32 Å². The first-order chi connectivity index (χ1) is 14.4. The number of anilines is 2. The predicted molar refractivity (Wildman–Crippen MR) is 115 cm³/mol. The molecule has 8 heteroatoms. The van der Waals surface area contributed by atoms with E-state index >= 15 is 0 Å². The molecule has 0 fully saturated rings. The quantitative estimate of drug-likeness (QED) is 0.505. The molecule has 1 aliphatic rings. The summed E-state index contributed by atoms with van der Waals surface area (Å²) in [6, 6.07) is 21.0. The molecule has 1 aliphatic carbocycles. The monoisotopic (exact) mass is 423 g/mol. The molecule has 0 bridgehead atoms. The average molecular weight is 423 g/mol. The lowest BCUT2D eigenvalue weighted by atomic mass is 10.1. The van der Waals surface area contributed by atoms with Crippen molar-refractivity contribution < 1.29 is 18.3 Å². The van der Waals surface area contributed by atoms with Crippen molar-refractivity contribution in [3.8, 4) is 0 Å². The zero-order valence-corrected chi connectivity index (χ0v) is 16.8. The van der Waals surface area contributed by atoms with Gasteiger partial charge in [-0.25, -0.2) is 13.2 Å². The molecule has 154 valence electrons. The molecular formula is C22H21N3O4S. The summed E-state index contributed by atoms with van der Waals surface area (Å²) in [5.74, 6) is 0. The van der Waals surface area contributed by atoms with Crippen LogP contribution < -0.4 is 15.4 Å². The largest absolute Gasteiger partial charge is 0.390 e. The lowest BCUT2D eigenvalue weighted by Gasteiger charge is -2.18. The molecule has 0 aromatic heterocycles. The number of sulfonamides is 1. The summed E-state index contributed by atoms with van der Waals surface area (Å²) in [6.45, 7) is 0. The fourth-order valence-corrected chi connectivity index (χ4v) is 4.62. The number of carbonyl (C=O) groups excluding carboxylic acids is 1. The van der Waals surface area contributed by atoms with E-state index in [9.17, 15) is 18.3 Å². The minimum absolute atomic E-state index is 0.0235. The number of rotatable bonds is 5. The highest BCUT2D eigenvalue weighted by molar-refractivity contribution is 7.92. The van der Waals surface area contributed by atoms with Crippen LogP contribution >= 0.6 is 0 Å². The van der Waals surface area contributed by atoms with Gasteiger partial charge in [-0.2, -0.15) is 0 Å². The standard InChI is InChI=1S/C22H21N3O4S/c26-20-13-15-7-4-5-12-19(15)21(20)24-22(27)23-17-10-6-11-18(14-17)30(28,29)25-16-8-2-1-3-9-16/h1-12,14,20-21,25-26H,13H2,(H2,23,24,27)/t20-,21+/m1/s1. The summed E-state index contributed by atoms with van der Waals surface area (Å²) in [4.78, 5) is 12.5. The Morgan fingerprint density at radius 1 is 0.900 bits per heavy atom. The van der Waals surface area contributed by atoms with Gasteiger partial charge < -0.3 is 15.7 Å². The number of carbonyl (C=O) groups is 1. The second kappa shape index (κ2) is 8.17. The Hall–Kier alpha value is -3.36. The molecule has 0 saturated heterocycles. The van der Waals surface area contributed by atoms with Crippen LogP contribution in [0.25, 0.3) is 0 Å². The van der Waals surface area contributed by atoms with Crippen molar-refractivity contribution >= 4 is 27.4 Å². The summed E-state index contributed by atoms with van der Waals surface area (Å²) in [5, 5.41) is 15.7. The van der Waals surface area contributed by atoms with E-state index in [1.54, 1.807) is 42.5 Å². The molecule has 4 N–H and O–H groups in total. The number of aliphatic hydroxyl groups excluding tert-OH is 1. The SMILES string of the molecule is O=C(Nc1cccc(S(=O)(=O)Nc2ccccc2)c1)N[C@H]1c2ccccc2C[C@H]1O. The number of fused-ring (bicyclic) bond motifs is 1. The van der Waals surface area contributed by atoms with Gasteiger partial charge in [-0.05, 0) is 41.5 Å². The maximum atomic E-state index is 12.6. The minimum Gasteiger partial charge on any atom is -0.390 e. The molecule has 30 heavy (non-hydrogen) atoms. The normalized spacial score (nSPS) is 17.8. The Morgan fingerprint density at radius 2 is 1.60 bits per heavy atom. The van der Waals surface area contributed by atoms with Crippen LogP contribution in [0.5, 0.6) is 0 Å². The van der Waals surface area contributed by atoms with Gasteiger partial charge in [0, 0.05) is 17.8 Å². The summed E-state index contributed by atoms with van der Waals surface area (Å²) in [7, 11) is -3.80. The maximum Gasteiger partial charge on any atom is 0.319 e. The molecular weight excluding hydrogens is 402 g/mol. The van der Waals surface area contributed by atoms with Crippen molar-refractivity contribution in [3.63, 3.8) is 0 Å². The number of para-hydroxylation sites is 1. The summed E-state index contributed by atoms with van der Waals surface area (Å²) in [6.07, 6.45) is -0.241. The molecule has 0 radical (unpaired) electrons. The minimum atomic E-state index is -3.80. The molecule has 0 saturated carbocycles. The molecule has 0 aliphatic heterocycles. The number of hydrogen-bond donors (Lipinski definition) is 4. The van der Waals surface area contributed by atoms with Crippen LogP contribution in [-0.4, -0.2) is 25.7 Å². The molecule has 0 heterocycles. The van der Waals surface area contributed by atoms with E-state index in [4.69, 9.17) is 0 Å². The van der Waals surface area contributed by atoms with Crippen LogP contribution in [0.3, 0.4) is 0 Å². The average Bonchev–Trinajstić information content (AvgIpc) is 3.04. The van der Waals surface area contributed by atoms with Gasteiger partial charge in [-0.3, -0.25) is 4.72 Å². The molecule has 4 rings (SSSR count). The fourth-order valence-electron chi connectivity index (χ4n) is 3.52. The van der Waals surface area contributed by atoms with Crippen molar-refractivity contribution in [2.45, 2.75) is 23.5 Å². The third kappa shape index (κ3) is 4.29. The Kier molecular flexibility index (Phi) is 5.43. The first-order valence-electron chi connectivity index (χ1n) is 9.44. The van der Waals surface area contributed by atoms with Gasteiger partial charge in [0.25, 0.3) is 10.0 Å². The number of urea groups is 1. The first kappa shape index (κ1) is 19.9. The molecule has 3 aromatic carbocycles. The Bertz CT molecular complexity index is 1170. The van der Waals surface area contributed by atoms with Crippen molar-refractivity contribution in [2.75, 3.05) is 10.0 Å². The van der Waals surface area contributed by atoms with Crippen LogP contribution in [-0.2, 0) is 16.4 Å². The number of benzene rings is 3. The lowest BCUT2D eigenvalue weighted by molar-refractivity contribution is 0.144. The van der Waals surface area contributed by atoms with E-state index in [-0.39, 0.29) is 4.90 Å². The topological polar surface area (TPSA) is 108 Å². The van der Waals surface area contributed by atoms with Gasteiger partial charge in [0.2, 0.25) is 0 Å². The van der Waals surface area contributed by atoms with Gasteiger partial charge in [0.05, 0.1) is 17.0 Å². The van der Waals surface area contributed by atoms with E-state index in [1.165, 1.54) is 12.1 Å². The van der Waals surface area contributed by atoms with Crippen LogP contribution in [0, 0.1) is 0 Å². The Balaban J connectivity index is 1.46. The molecule has 0 spiro atoms. The van der Waals surface area contributed by atoms with Crippen molar-refractivity contribution in [3.05, 3.63) is 90.0 Å². The van der Waals surface area contributed by atoms with Crippen LogP contribution in [0.2, 0.25) is 0 Å². The molecule has 2 atom stereocenters. The maximum absolute atomic E-state index is 12.6. The highest BCUT2D eigenvalue weighted by atomic mass is 32.2. The smallest absolute Gasteiger partial charge is 0.319 e. The third-order valence-corrected chi connectivity index (χ3v) is 6.30. The Labute approximate surface area is 174 Å². The number of amides is 2. The third-order valence-electron chi connectivity index (χ3n) is 4.92. The second-order valence-electron chi connectivity index (χ2n) is 7.05. The predicted octanol–water partition coefficient (Wildman–Crippen LogP) is 3.27. The lowest BCUT2D eigenvalue weighted by Crippen LogP contribution is -2.36. The summed E-state index contributed by atoms with van der Waals surface area (Å²) >= 11 is 0. The van der Waals surface area contributed by atoms with E-state index in [2.05, 4.69) is 15.4 Å². The second-order valence-corrected chi connectivity index (χ2v) is 8.73. The van der Waals surface area contributed by atoms with Crippen LogP contribution in [0.15, 0.2) is 83.8 Å². The molecule has 2 amide bonds. The highest BCUT2D eigenvalue weighted by Gasteiger charge is 2.31. The molecule has 7 nitrogen and oxygen atoms in total. The van der Waals surface area contributed by atoms with E-state index in [0.717, 1.165) is 11.1 Å². The van der Waals surface area contributed by atoms with Gasteiger partial charge >= 0.3 is 6.03 Å². The van der Waals surface area contributed by atoms with Gasteiger partial charge in [0.15, 0.2) is 0 Å². The zero-order valence-electron chi connectivity index (χ0n) is 15.9. The summed E-state index contributed by atoms with van der Waals surface area (Å²) < 4.78 is 27.8. The van der Waals surface area contributed by atoms with E-state index in [0.29, 0.717) is 17.8 Å². The number of hydrogen-bond acceptors (Lipinski definition) is 4. The highest BCUT2D eigenvalue weighted by Crippen LogP contribution is 2.31. The number of aliphatic hydroxyl groups is 1. The fraction of sp³-hybridized carbons (Fsp3) is 0.136. The molecule has 0 unspecified atom stereocenters. The van der Waals surface area contributed by atoms with Gasteiger partial charge in [-0.15, -0.1) is 0 Å². The van der Waals surface area contributed by atoms with Crippen molar-refractivity contribution in [1.29, 1.82) is 0 Å². The zero-order chi connectivity index (χ0) is 21.1. The van der Waals surface area contributed by atoms with Crippen LogP contribution in [0.1, 0.15) is 17.2 Å². The van der Waals surface area contributed by atoms with E-state index in [1.807, 2.05) is 24.3 Å². The van der Waals surface area contributed by atoms with Crippen molar-refractivity contribution in [2.24, 2.45) is 0 Å². The number of nitrogens with one attached hydrogen (secondary N) is 3. The Morgan fingerprint density at radius 3 is 2.40 bits per heavy atom.